The van der Waals surface area contributed by atoms with E-state index in [4.69, 9.17) is 12.2 Å². The van der Waals surface area contributed by atoms with Crippen molar-refractivity contribution >= 4 is 23.6 Å². The minimum Gasteiger partial charge on any atom is -0.349 e. The van der Waals surface area contributed by atoms with Crippen LogP contribution in [0.4, 0.5) is 11.4 Å². The first-order chi connectivity index (χ1) is 10.9. The van der Waals surface area contributed by atoms with Gasteiger partial charge in [0, 0.05) is 29.9 Å². The molecule has 7 nitrogen and oxygen atoms in total. The van der Waals surface area contributed by atoms with Gasteiger partial charge in [-0.05, 0) is 51.0 Å². The van der Waals surface area contributed by atoms with Gasteiger partial charge in [-0.25, -0.2) is 4.68 Å². The van der Waals surface area contributed by atoms with Gasteiger partial charge < -0.3 is 9.47 Å². The SMILES string of the molecule is CC1Cc2cc([N+](=O)[O-])ccc2N1Cn1ncn(C(C)C)c1=S. The number of hydrogen-bond donors (Lipinski definition) is 0. The Bertz CT molecular complexity index is 810. The molecule has 0 saturated heterocycles. The molecule has 122 valence electrons. The summed E-state index contributed by atoms with van der Waals surface area (Å²) in [6.07, 6.45) is 2.54. The highest BCUT2D eigenvalue weighted by Crippen LogP contribution is 2.34. The highest BCUT2D eigenvalue weighted by Gasteiger charge is 2.28. The molecular formula is C15H19N5O2S. The first-order valence-electron chi connectivity index (χ1n) is 7.56. The molecule has 0 N–H and O–H groups in total. The first kappa shape index (κ1) is 15.7. The average molecular weight is 333 g/mol. The minimum absolute atomic E-state index is 0.137. The quantitative estimate of drug-likeness (QED) is 0.488. The maximum Gasteiger partial charge on any atom is 0.269 e. The van der Waals surface area contributed by atoms with Gasteiger partial charge in [0.25, 0.3) is 5.69 Å². The van der Waals surface area contributed by atoms with Gasteiger partial charge in [-0.15, -0.1) is 0 Å². The van der Waals surface area contributed by atoms with Crippen LogP contribution < -0.4 is 4.90 Å². The van der Waals surface area contributed by atoms with Crippen LogP contribution in [0.25, 0.3) is 0 Å². The highest BCUT2D eigenvalue weighted by atomic mass is 32.1. The number of nitro benzene ring substituents is 1. The molecule has 0 radical (unpaired) electrons. The molecule has 1 aliphatic heterocycles. The topological polar surface area (TPSA) is 69.1 Å². The number of aromatic nitrogens is 3. The van der Waals surface area contributed by atoms with Crippen molar-refractivity contribution in [3.8, 4) is 0 Å². The smallest absolute Gasteiger partial charge is 0.269 e. The second kappa shape index (κ2) is 5.77. The van der Waals surface area contributed by atoms with Crippen LogP contribution in [0, 0.1) is 14.9 Å². The minimum atomic E-state index is -0.353. The maximum absolute atomic E-state index is 10.9. The Kier molecular flexibility index (Phi) is 3.93. The molecule has 1 aromatic heterocycles. The summed E-state index contributed by atoms with van der Waals surface area (Å²) < 4.78 is 4.43. The van der Waals surface area contributed by atoms with Crippen molar-refractivity contribution in [1.29, 1.82) is 0 Å². The van der Waals surface area contributed by atoms with Crippen molar-refractivity contribution in [2.75, 3.05) is 4.90 Å². The number of anilines is 1. The first-order valence-corrected chi connectivity index (χ1v) is 7.97. The molecule has 0 saturated carbocycles. The van der Waals surface area contributed by atoms with Crippen LogP contribution in [0.5, 0.6) is 0 Å². The number of rotatable bonds is 4. The third kappa shape index (κ3) is 2.74. The second-order valence-corrected chi connectivity index (χ2v) is 6.51. The molecule has 1 aromatic carbocycles. The molecule has 2 heterocycles. The number of nitrogens with zero attached hydrogens (tertiary/aromatic N) is 5. The van der Waals surface area contributed by atoms with Crippen LogP contribution in [0.15, 0.2) is 24.5 Å². The van der Waals surface area contributed by atoms with E-state index in [9.17, 15) is 10.1 Å². The normalized spacial score (nSPS) is 16.9. The summed E-state index contributed by atoms with van der Waals surface area (Å²) in [5.74, 6) is 0. The van der Waals surface area contributed by atoms with Crippen molar-refractivity contribution < 1.29 is 4.92 Å². The predicted octanol–water partition coefficient (Wildman–Crippen LogP) is 3.31. The fourth-order valence-corrected chi connectivity index (χ4v) is 3.32. The lowest BCUT2D eigenvalue weighted by Crippen LogP contribution is -2.32. The van der Waals surface area contributed by atoms with Gasteiger partial charge in [-0.3, -0.25) is 10.1 Å². The zero-order valence-corrected chi connectivity index (χ0v) is 14.2. The van der Waals surface area contributed by atoms with Crippen LogP contribution in [0.2, 0.25) is 0 Å². The van der Waals surface area contributed by atoms with Crippen molar-refractivity contribution in [2.45, 2.75) is 45.9 Å². The summed E-state index contributed by atoms with van der Waals surface area (Å²) >= 11 is 5.48. The lowest BCUT2D eigenvalue weighted by molar-refractivity contribution is -0.384. The summed E-state index contributed by atoms with van der Waals surface area (Å²) in [6.45, 7) is 6.78. The van der Waals surface area contributed by atoms with Crippen LogP contribution in [0.3, 0.4) is 0 Å². The van der Waals surface area contributed by atoms with Gasteiger partial charge in [0.15, 0.2) is 4.77 Å². The molecule has 1 aliphatic rings. The zero-order chi connectivity index (χ0) is 16.7. The largest absolute Gasteiger partial charge is 0.349 e. The van der Waals surface area contributed by atoms with Crippen LogP contribution >= 0.6 is 12.2 Å². The molecule has 23 heavy (non-hydrogen) atoms. The third-order valence-electron chi connectivity index (χ3n) is 4.23. The number of hydrogen-bond acceptors (Lipinski definition) is 5. The Labute approximate surface area is 139 Å². The molecule has 0 fully saturated rings. The fraction of sp³-hybridized carbons (Fsp3) is 0.467. The Morgan fingerprint density at radius 3 is 2.83 bits per heavy atom. The molecule has 0 aliphatic carbocycles. The average Bonchev–Trinajstić information content (AvgIpc) is 3.00. The predicted molar refractivity (Wildman–Crippen MR) is 90.2 cm³/mol. The van der Waals surface area contributed by atoms with E-state index in [0.29, 0.717) is 11.4 Å². The van der Waals surface area contributed by atoms with Crippen molar-refractivity contribution in [3.05, 3.63) is 45.0 Å². The summed E-state index contributed by atoms with van der Waals surface area (Å²) in [6, 6.07) is 5.55. The van der Waals surface area contributed by atoms with Gasteiger partial charge in [-0.1, -0.05) is 0 Å². The second-order valence-electron chi connectivity index (χ2n) is 6.15. The van der Waals surface area contributed by atoms with Crippen molar-refractivity contribution in [3.63, 3.8) is 0 Å². The summed E-state index contributed by atoms with van der Waals surface area (Å²) in [4.78, 5) is 12.8. The molecule has 3 rings (SSSR count). The molecule has 2 aromatic rings. The lowest BCUT2D eigenvalue weighted by atomic mass is 10.1. The van der Waals surface area contributed by atoms with Crippen molar-refractivity contribution in [1.82, 2.24) is 14.3 Å². The van der Waals surface area contributed by atoms with E-state index >= 15 is 0 Å². The molecule has 1 unspecified atom stereocenters. The van der Waals surface area contributed by atoms with E-state index in [-0.39, 0.29) is 22.7 Å². The molecule has 1 atom stereocenters. The zero-order valence-electron chi connectivity index (χ0n) is 13.3. The Hall–Kier alpha value is -2.22. The van der Waals surface area contributed by atoms with E-state index in [1.54, 1.807) is 23.1 Å². The van der Waals surface area contributed by atoms with Gasteiger partial charge >= 0.3 is 0 Å². The van der Waals surface area contributed by atoms with Crippen LogP contribution in [-0.2, 0) is 13.1 Å². The number of benzene rings is 1. The molecule has 0 spiro atoms. The van der Waals surface area contributed by atoms with E-state index < -0.39 is 0 Å². The third-order valence-corrected chi connectivity index (χ3v) is 4.65. The van der Waals surface area contributed by atoms with Gasteiger partial charge in [0.2, 0.25) is 0 Å². The molecule has 0 amide bonds. The van der Waals surface area contributed by atoms with Crippen LogP contribution in [0.1, 0.15) is 32.4 Å². The highest BCUT2D eigenvalue weighted by molar-refractivity contribution is 7.71. The standard InChI is InChI=1S/C15H19N5O2S/c1-10(2)17-8-16-19(15(17)23)9-18-11(3)6-12-7-13(20(21)22)4-5-14(12)18/h4-5,7-8,10-11H,6,9H2,1-3H3. The van der Waals surface area contributed by atoms with E-state index in [1.807, 2.05) is 10.6 Å². The number of fused-ring (bicyclic) bond motifs is 1. The summed E-state index contributed by atoms with van der Waals surface area (Å²) in [5, 5.41) is 15.3. The van der Waals surface area contributed by atoms with Gasteiger partial charge in [0.05, 0.1) is 4.92 Å². The van der Waals surface area contributed by atoms with E-state index in [2.05, 4.69) is 30.8 Å². The monoisotopic (exact) mass is 333 g/mol. The van der Waals surface area contributed by atoms with Gasteiger partial charge in [-0.2, -0.15) is 5.10 Å². The summed E-state index contributed by atoms with van der Waals surface area (Å²) in [5.41, 5.74) is 2.16. The summed E-state index contributed by atoms with van der Waals surface area (Å²) in [7, 11) is 0. The molecular weight excluding hydrogens is 314 g/mol. The Morgan fingerprint density at radius 2 is 2.22 bits per heavy atom. The van der Waals surface area contributed by atoms with Crippen molar-refractivity contribution in [2.24, 2.45) is 0 Å². The number of nitro groups is 1. The number of non-ortho nitro benzene ring substituents is 1. The lowest BCUT2D eigenvalue weighted by Gasteiger charge is -2.24. The molecule has 8 heteroatoms. The van der Waals surface area contributed by atoms with E-state index in [0.717, 1.165) is 17.7 Å². The van der Waals surface area contributed by atoms with E-state index in [1.165, 1.54) is 0 Å². The maximum atomic E-state index is 10.9. The van der Waals surface area contributed by atoms with Crippen LogP contribution in [-0.4, -0.2) is 25.3 Å². The molecule has 0 bridgehead atoms. The van der Waals surface area contributed by atoms with Gasteiger partial charge in [0.1, 0.15) is 13.0 Å². The fourth-order valence-electron chi connectivity index (χ4n) is 2.96. The Balaban J connectivity index is 1.91. The Morgan fingerprint density at radius 1 is 1.48 bits per heavy atom.